The second kappa shape index (κ2) is 12.7. The Kier molecular flexibility index (Phi) is 9.66. The van der Waals surface area contributed by atoms with Crippen molar-refractivity contribution in [2.24, 2.45) is 0 Å². The van der Waals surface area contributed by atoms with Crippen molar-refractivity contribution < 1.29 is 18.0 Å². The standard InChI is InChI=1S/C27H30BrN3O4S/c1-3-17-29-27(33)21(2)30(19-22-11-10-12-23(28)18-22)26(32)20-31(24-13-6-4-7-14-24)36(34,35)25-15-8-5-9-16-25/h4-16,18,21H,3,17,19-20H2,1-2H3,(H,29,33)/t21-/m0/s1. The summed E-state index contributed by atoms with van der Waals surface area (Å²) in [6, 6.07) is 23.1. The minimum absolute atomic E-state index is 0.0777. The first-order valence-electron chi connectivity index (χ1n) is 11.7. The molecular formula is C27H30BrN3O4S. The van der Waals surface area contributed by atoms with Crippen molar-refractivity contribution in [2.45, 2.75) is 37.8 Å². The van der Waals surface area contributed by atoms with Crippen LogP contribution in [0.3, 0.4) is 0 Å². The van der Waals surface area contributed by atoms with Crippen molar-refractivity contribution in [3.63, 3.8) is 0 Å². The van der Waals surface area contributed by atoms with Crippen molar-refractivity contribution in [1.82, 2.24) is 10.2 Å². The van der Waals surface area contributed by atoms with Crippen LogP contribution in [0, 0.1) is 0 Å². The van der Waals surface area contributed by atoms with Gasteiger partial charge in [0.1, 0.15) is 12.6 Å². The summed E-state index contributed by atoms with van der Waals surface area (Å²) < 4.78 is 29.2. The van der Waals surface area contributed by atoms with E-state index in [1.807, 2.05) is 31.2 Å². The van der Waals surface area contributed by atoms with Gasteiger partial charge in [0.2, 0.25) is 11.8 Å². The molecule has 2 amide bonds. The molecule has 190 valence electrons. The quantitative estimate of drug-likeness (QED) is 0.364. The van der Waals surface area contributed by atoms with Crippen molar-refractivity contribution in [3.05, 3.63) is 95.0 Å². The molecule has 0 aromatic heterocycles. The first kappa shape index (κ1) is 27.4. The molecule has 0 bridgehead atoms. The third-order valence-electron chi connectivity index (χ3n) is 5.61. The molecule has 7 nitrogen and oxygen atoms in total. The molecule has 3 aromatic carbocycles. The third-order valence-corrected chi connectivity index (χ3v) is 7.89. The number of benzene rings is 3. The molecule has 1 atom stereocenters. The zero-order valence-corrected chi connectivity index (χ0v) is 22.7. The number of halogens is 1. The van der Waals surface area contributed by atoms with Gasteiger partial charge in [0.05, 0.1) is 10.6 Å². The van der Waals surface area contributed by atoms with Gasteiger partial charge in [0.25, 0.3) is 10.0 Å². The monoisotopic (exact) mass is 571 g/mol. The van der Waals surface area contributed by atoms with Crippen molar-refractivity contribution in [2.75, 3.05) is 17.4 Å². The van der Waals surface area contributed by atoms with Crippen LogP contribution in [0.5, 0.6) is 0 Å². The SMILES string of the molecule is CCCNC(=O)[C@H](C)N(Cc1cccc(Br)c1)C(=O)CN(c1ccccc1)S(=O)(=O)c1ccccc1. The maximum atomic E-state index is 13.7. The second-order valence-electron chi connectivity index (χ2n) is 8.28. The third kappa shape index (κ3) is 6.95. The van der Waals surface area contributed by atoms with Crippen LogP contribution in [0.2, 0.25) is 0 Å². The van der Waals surface area contributed by atoms with Crippen LogP contribution >= 0.6 is 15.9 Å². The summed E-state index contributed by atoms with van der Waals surface area (Å²) in [4.78, 5) is 28.1. The van der Waals surface area contributed by atoms with Crippen molar-refractivity contribution in [3.8, 4) is 0 Å². The molecule has 1 N–H and O–H groups in total. The summed E-state index contributed by atoms with van der Waals surface area (Å²) in [5.74, 6) is -0.783. The number of hydrogen-bond donors (Lipinski definition) is 1. The minimum Gasteiger partial charge on any atom is -0.354 e. The van der Waals surface area contributed by atoms with E-state index in [0.29, 0.717) is 12.2 Å². The molecule has 0 saturated carbocycles. The number of nitrogens with one attached hydrogen (secondary N) is 1. The van der Waals surface area contributed by atoms with E-state index >= 15 is 0 Å². The summed E-state index contributed by atoms with van der Waals surface area (Å²) in [6.07, 6.45) is 0.759. The Morgan fingerprint density at radius 1 is 0.944 bits per heavy atom. The van der Waals surface area contributed by atoms with E-state index in [9.17, 15) is 18.0 Å². The van der Waals surface area contributed by atoms with Gasteiger partial charge >= 0.3 is 0 Å². The molecule has 0 aliphatic heterocycles. The number of nitrogens with zero attached hydrogens (tertiary/aromatic N) is 2. The smallest absolute Gasteiger partial charge is 0.264 e. The average Bonchev–Trinajstić information content (AvgIpc) is 2.89. The molecule has 0 saturated heterocycles. The lowest BCUT2D eigenvalue weighted by molar-refractivity contribution is -0.139. The summed E-state index contributed by atoms with van der Waals surface area (Å²) in [5.41, 5.74) is 1.17. The molecule has 0 aliphatic carbocycles. The average molecular weight is 573 g/mol. The molecule has 0 fully saturated rings. The van der Waals surface area contributed by atoms with Crippen LogP contribution in [0.1, 0.15) is 25.8 Å². The van der Waals surface area contributed by atoms with Crippen LogP contribution in [0.25, 0.3) is 0 Å². The van der Waals surface area contributed by atoms with Gasteiger partial charge in [-0.05, 0) is 55.3 Å². The zero-order chi connectivity index (χ0) is 26.1. The molecule has 0 unspecified atom stereocenters. The molecule has 0 radical (unpaired) electrons. The molecule has 3 aromatic rings. The Morgan fingerprint density at radius 3 is 2.19 bits per heavy atom. The number of amides is 2. The minimum atomic E-state index is -4.04. The van der Waals surface area contributed by atoms with Crippen molar-refractivity contribution >= 4 is 43.5 Å². The predicted molar refractivity (Wildman–Crippen MR) is 145 cm³/mol. The highest BCUT2D eigenvalue weighted by Gasteiger charge is 2.32. The summed E-state index contributed by atoms with van der Waals surface area (Å²) in [7, 11) is -4.04. The Labute approximate surface area is 221 Å². The first-order chi connectivity index (χ1) is 17.2. The number of sulfonamides is 1. The summed E-state index contributed by atoms with van der Waals surface area (Å²) >= 11 is 3.44. The fourth-order valence-electron chi connectivity index (χ4n) is 3.65. The van der Waals surface area contributed by atoms with E-state index in [-0.39, 0.29) is 17.3 Å². The van der Waals surface area contributed by atoms with Gasteiger partial charge in [-0.15, -0.1) is 0 Å². The number of anilines is 1. The Morgan fingerprint density at radius 2 is 1.58 bits per heavy atom. The van der Waals surface area contributed by atoms with E-state index in [0.717, 1.165) is 20.8 Å². The molecule has 0 spiro atoms. The van der Waals surface area contributed by atoms with E-state index < -0.39 is 28.5 Å². The molecule has 36 heavy (non-hydrogen) atoms. The number of carbonyl (C=O) groups is 2. The van der Waals surface area contributed by atoms with Crippen molar-refractivity contribution in [1.29, 1.82) is 0 Å². The van der Waals surface area contributed by atoms with Gasteiger partial charge < -0.3 is 10.2 Å². The second-order valence-corrected chi connectivity index (χ2v) is 11.1. The summed E-state index contributed by atoms with van der Waals surface area (Å²) in [6.45, 7) is 3.77. The highest BCUT2D eigenvalue weighted by molar-refractivity contribution is 9.10. The molecular weight excluding hydrogens is 542 g/mol. The predicted octanol–water partition coefficient (Wildman–Crippen LogP) is 4.59. The maximum Gasteiger partial charge on any atom is 0.264 e. The fraction of sp³-hybridized carbons (Fsp3) is 0.259. The molecule has 0 aliphatic rings. The van der Waals surface area contributed by atoms with Crippen LogP contribution in [-0.2, 0) is 26.2 Å². The molecule has 9 heteroatoms. The molecule has 3 rings (SSSR count). The Balaban J connectivity index is 1.98. The first-order valence-corrected chi connectivity index (χ1v) is 13.9. The van der Waals surface area contributed by atoms with Crippen LogP contribution in [0.15, 0.2) is 94.3 Å². The van der Waals surface area contributed by atoms with Gasteiger partial charge in [0.15, 0.2) is 0 Å². The van der Waals surface area contributed by atoms with Gasteiger partial charge in [-0.1, -0.05) is 71.4 Å². The normalized spacial score (nSPS) is 12.0. The highest BCUT2D eigenvalue weighted by Crippen LogP contribution is 2.24. The highest BCUT2D eigenvalue weighted by atomic mass is 79.9. The van der Waals surface area contributed by atoms with E-state index in [2.05, 4.69) is 21.2 Å². The zero-order valence-electron chi connectivity index (χ0n) is 20.3. The lowest BCUT2D eigenvalue weighted by Crippen LogP contribution is -2.51. The van der Waals surface area contributed by atoms with Gasteiger partial charge in [-0.2, -0.15) is 0 Å². The largest absolute Gasteiger partial charge is 0.354 e. The summed E-state index contributed by atoms with van der Waals surface area (Å²) in [5, 5.41) is 2.83. The van der Waals surface area contributed by atoms with E-state index in [1.165, 1.54) is 17.0 Å². The lowest BCUT2D eigenvalue weighted by Gasteiger charge is -2.32. The van der Waals surface area contributed by atoms with Gasteiger partial charge in [-0.3, -0.25) is 13.9 Å². The number of hydrogen-bond acceptors (Lipinski definition) is 4. The Bertz CT molecular complexity index is 1270. The van der Waals surface area contributed by atoms with Crippen LogP contribution in [-0.4, -0.2) is 44.3 Å². The topological polar surface area (TPSA) is 86.8 Å². The van der Waals surface area contributed by atoms with Gasteiger partial charge in [-0.25, -0.2) is 8.42 Å². The van der Waals surface area contributed by atoms with E-state index in [1.54, 1.807) is 55.5 Å². The number of rotatable bonds is 11. The number of para-hydroxylation sites is 1. The van der Waals surface area contributed by atoms with E-state index in [4.69, 9.17) is 0 Å². The van der Waals surface area contributed by atoms with Gasteiger partial charge in [0, 0.05) is 17.6 Å². The maximum absolute atomic E-state index is 13.7. The Hall–Kier alpha value is -3.17. The number of carbonyl (C=O) groups excluding carboxylic acids is 2. The fourth-order valence-corrected chi connectivity index (χ4v) is 5.54. The van der Waals surface area contributed by atoms with Crippen LogP contribution < -0.4 is 9.62 Å². The molecule has 0 heterocycles. The van der Waals surface area contributed by atoms with Crippen LogP contribution in [0.4, 0.5) is 5.69 Å². The lowest BCUT2D eigenvalue weighted by atomic mass is 10.1.